The van der Waals surface area contributed by atoms with Crippen molar-refractivity contribution in [2.24, 2.45) is 0 Å². The zero-order chi connectivity index (χ0) is 18.8. The smallest absolute Gasteiger partial charge is 0.251 e. The quantitative estimate of drug-likeness (QED) is 0.776. The summed E-state index contributed by atoms with van der Waals surface area (Å²) in [5.74, 6) is 0.845. The number of nitrogens with zero attached hydrogens (tertiary/aromatic N) is 2. The number of rotatable bonds is 4. The Balaban J connectivity index is 1.39. The summed E-state index contributed by atoms with van der Waals surface area (Å²) < 4.78 is 7.72. The predicted octanol–water partition coefficient (Wildman–Crippen LogP) is 3.28. The molecule has 0 fully saturated rings. The van der Waals surface area contributed by atoms with E-state index in [4.69, 9.17) is 4.74 Å². The summed E-state index contributed by atoms with van der Waals surface area (Å²) in [4.78, 5) is 12.6. The highest BCUT2D eigenvalue weighted by Crippen LogP contribution is 2.24. The number of hydrogen-bond donors (Lipinski definition) is 1. The Morgan fingerprint density at radius 1 is 1.19 bits per heavy atom. The van der Waals surface area contributed by atoms with Crippen LogP contribution < -0.4 is 10.1 Å². The van der Waals surface area contributed by atoms with Gasteiger partial charge in [-0.3, -0.25) is 9.48 Å². The van der Waals surface area contributed by atoms with Gasteiger partial charge in [0.1, 0.15) is 12.4 Å². The fourth-order valence-corrected chi connectivity index (χ4v) is 3.46. The summed E-state index contributed by atoms with van der Waals surface area (Å²) in [6, 6.07) is 17.7. The highest BCUT2D eigenvalue weighted by Gasteiger charge is 2.21. The van der Waals surface area contributed by atoms with E-state index >= 15 is 0 Å². The van der Waals surface area contributed by atoms with Crippen LogP contribution in [0.4, 0.5) is 0 Å². The number of carbonyl (C=O) groups is 1. The van der Waals surface area contributed by atoms with Crippen LogP contribution >= 0.6 is 0 Å². The van der Waals surface area contributed by atoms with Crippen molar-refractivity contribution in [3.8, 4) is 5.75 Å². The van der Waals surface area contributed by atoms with Crippen molar-refractivity contribution in [2.45, 2.75) is 32.9 Å². The predicted molar refractivity (Wildman–Crippen MR) is 104 cm³/mol. The average Bonchev–Trinajstić information content (AvgIpc) is 2.99. The minimum Gasteiger partial charge on any atom is -0.491 e. The minimum atomic E-state index is -0.0688. The van der Waals surface area contributed by atoms with Gasteiger partial charge < -0.3 is 10.1 Å². The average molecular weight is 361 g/mol. The molecule has 1 unspecified atom stereocenters. The molecule has 1 atom stereocenters. The first kappa shape index (κ1) is 17.3. The summed E-state index contributed by atoms with van der Waals surface area (Å²) >= 11 is 0. The molecule has 1 aliphatic heterocycles. The molecule has 2 heterocycles. The molecule has 0 radical (unpaired) electrons. The normalized spacial score (nSPS) is 15.7. The molecule has 2 aromatic carbocycles. The van der Waals surface area contributed by atoms with E-state index in [-0.39, 0.29) is 11.9 Å². The third-order valence-electron chi connectivity index (χ3n) is 4.87. The van der Waals surface area contributed by atoms with Crippen molar-refractivity contribution < 1.29 is 9.53 Å². The molecule has 0 saturated heterocycles. The molecule has 0 bridgehead atoms. The maximum absolute atomic E-state index is 12.6. The number of para-hydroxylation sites is 1. The molecule has 0 spiro atoms. The van der Waals surface area contributed by atoms with Gasteiger partial charge in [-0.05, 0) is 55.7 Å². The second kappa shape index (κ2) is 7.27. The Hall–Kier alpha value is -3.08. The van der Waals surface area contributed by atoms with Gasteiger partial charge >= 0.3 is 0 Å². The van der Waals surface area contributed by atoms with Crippen molar-refractivity contribution in [3.05, 3.63) is 82.7 Å². The molecule has 1 N–H and O–H groups in total. The topological polar surface area (TPSA) is 56.2 Å². The summed E-state index contributed by atoms with van der Waals surface area (Å²) in [5.41, 5.74) is 5.06. The third-order valence-corrected chi connectivity index (χ3v) is 4.87. The number of fused-ring (bicyclic) bond motifs is 1. The summed E-state index contributed by atoms with van der Waals surface area (Å²) in [5, 5.41) is 7.56. The van der Waals surface area contributed by atoms with Crippen LogP contribution in [0.3, 0.4) is 0 Å². The molecular formula is C22H23N3O2. The number of nitrogens with one attached hydrogen (secondary N) is 1. The number of ether oxygens (including phenoxy) is 1. The second-order valence-corrected chi connectivity index (χ2v) is 7.07. The molecule has 1 aromatic heterocycles. The van der Waals surface area contributed by atoms with Gasteiger partial charge in [-0.1, -0.05) is 30.3 Å². The van der Waals surface area contributed by atoms with Gasteiger partial charge in [-0.2, -0.15) is 5.10 Å². The molecule has 1 aliphatic rings. The Kier molecular flexibility index (Phi) is 4.67. The van der Waals surface area contributed by atoms with Gasteiger partial charge in [-0.15, -0.1) is 0 Å². The fraction of sp³-hybridized carbons (Fsp3) is 0.273. The number of carbonyl (C=O) groups excluding carboxylic acids is 1. The number of aromatic nitrogens is 2. The van der Waals surface area contributed by atoms with Crippen LogP contribution in [0.25, 0.3) is 0 Å². The Morgan fingerprint density at radius 3 is 2.70 bits per heavy atom. The largest absolute Gasteiger partial charge is 0.491 e. The molecule has 138 valence electrons. The van der Waals surface area contributed by atoms with Crippen molar-refractivity contribution in [1.82, 2.24) is 15.1 Å². The molecule has 5 nitrogen and oxygen atoms in total. The van der Waals surface area contributed by atoms with Gasteiger partial charge in [0.05, 0.1) is 18.3 Å². The maximum atomic E-state index is 12.6. The van der Waals surface area contributed by atoms with E-state index in [1.54, 1.807) is 0 Å². The minimum absolute atomic E-state index is 0.0122. The van der Waals surface area contributed by atoms with E-state index in [0.29, 0.717) is 18.7 Å². The van der Waals surface area contributed by atoms with Crippen molar-refractivity contribution >= 4 is 5.91 Å². The van der Waals surface area contributed by atoms with Crippen LogP contribution in [0.1, 0.15) is 32.9 Å². The second-order valence-electron chi connectivity index (χ2n) is 7.07. The van der Waals surface area contributed by atoms with Gasteiger partial charge in [0.15, 0.2) is 0 Å². The van der Waals surface area contributed by atoms with Crippen LogP contribution in [0.2, 0.25) is 0 Å². The first-order chi connectivity index (χ1) is 13.1. The van der Waals surface area contributed by atoms with Crippen LogP contribution in [0, 0.1) is 13.8 Å². The SMILES string of the molecule is Cc1cc(C)n(Cc2ccc(C(=O)NC3COc4ccccc4C3)cc2)n1. The van der Waals surface area contributed by atoms with Gasteiger partial charge in [0.2, 0.25) is 0 Å². The molecule has 5 heteroatoms. The highest BCUT2D eigenvalue weighted by atomic mass is 16.5. The van der Waals surface area contributed by atoms with Crippen molar-refractivity contribution in [1.29, 1.82) is 0 Å². The van der Waals surface area contributed by atoms with Crippen LogP contribution in [-0.2, 0) is 13.0 Å². The number of benzene rings is 2. The molecule has 0 aliphatic carbocycles. The van der Waals surface area contributed by atoms with E-state index in [1.165, 1.54) is 0 Å². The third kappa shape index (κ3) is 3.87. The fourth-order valence-electron chi connectivity index (χ4n) is 3.46. The molecule has 3 aromatic rings. The number of amides is 1. The molecule has 4 rings (SSSR count). The molecule has 1 amide bonds. The standard InChI is InChI=1S/C22H23N3O2/c1-15-11-16(2)25(24-15)13-17-7-9-18(10-8-17)22(26)23-20-12-19-5-3-4-6-21(19)27-14-20/h3-11,20H,12-14H2,1-2H3,(H,23,26). The van der Waals surface area contributed by atoms with E-state index in [0.717, 1.165) is 34.7 Å². The lowest BCUT2D eigenvalue weighted by atomic mass is 10.0. The summed E-state index contributed by atoms with van der Waals surface area (Å²) in [7, 11) is 0. The lowest BCUT2D eigenvalue weighted by molar-refractivity contribution is 0.0915. The molecule has 0 saturated carbocycles. The Labute approximate surface area is 159 Å². The van der Waals surface area contributed by atoms with Crippen molar-refractivity contribution in [2.75, 3.05) is 6.61 Å². The van der Waals surface area contributed by atoms with E-state index < -0.39 is 0 Å². The summed E-state index contributed by atoms with van der Waals surface area (Å²) in [6.45, 7) is 5.24. The monoisotopic (exact) mass is 361 g/mol. The number of hydrogen-bond acceptors (Lipinski definition) is 3. The Bertz CT molecular complexity index is 960. The van der Waals surface area contributed by atoms with Gasteiger partial charge in [0.25, 0.3) is 5.91 Å². The lowest BCUT2D eigenvalue weighted by Crippen LogP contribution is -2.42. The Morgan fingerprint density at radius 2 is 1.96 bits per heavy atom. The van der Waals surface area contributed by atoms with Crippen LogP contribution in [0.15, 0.2) is 54.6 Å². The van der Waals surface area contributed by atoms with E-state index in [1.807, 2.05) is 67.1 Å². The summed E-state index contributed by atoms with van der Waals surface area (Å²) in [6.07, 6.45) is 0.790. The van der Waals surface area contributed by atoms with Gasteiger partial charge in [-0.25, -0.2) is 0 Å². The van der Waals surface area contributed by atoms with Gasteiger partial charge in [0, 0.05) is 11.3 Å². The lowest BCUT2D eigenvalue weighted by Gasteiger charge is -2.26. The first-order valence-electron chi connectivity index (χ1n) is 9.20. The number of aryl methyl sites for hydroxylation is 2. The van der Waals surface area contributed by atoms with Crippen LogP contribution in [0.5, 0.6) is 5.75 Å². The first-order valence-corrected chi connectivity index (χ1v) is 9.20. The van der Waals surface area contributed by atoms with E-state index in [9.17, 15) is 4.79 Å². The molecule has 27 heavy (non-hydrogen) atoms. The van der Waals surface area contributed by atoms with Crippen LogP contribution in [-0.4, -0.2) is 28.3 Å². The van der Waals surface area contributed by atoms with Crippen molar-refractivity contribution in [3.63, 3.8) is 0 Å². The van der Waals surface area contributed by atoms with E-state index in [2.05, 4.69) is 16.5 Å². The zero-order valence-electron chi connectivity index (χ0n) is 15.6. The zero-order valence-corrected chi connectivity index (χ0v) is 15.6. The highest BCUT2D eigenvalue weighted by molar-refractivity contribution is 5.94. The maximum Gasteiger partial charge on any atom is 0.251 e. The molecular weight excluding hydrogens is 338 g/mol.